The summed E-state index contributed by atoms with van der Waals surface area (Å²) in [5, 5.41) is 10.4. The van der Waals surface area contributed by atoms with E-state index in [2.05, 4.69) is 4.85 Å². The third kappa shape index (κ3) is 3.22. The third-order valence-corrected chi connectivity index (χ3v) is 1.76. The molecule has 0 fully saturated rings. The molecule has 3 nitrogen and oxygen atoms in total. The number of rotatable bonds is 3. The second-order valence-electron chi connectivity index (χ2n) is 2.14. The standard InChI is InChI=1S/C7H11NO2.K/c1-4-7(5-2,8-3)6(9)10;/h4-5H2,1-2H3,(H,9,10);/q;+1/p-1. The molecule has 0 aliphatic rings. The van der Waals surface area contributed by atoms with Crippen molar-refractivity contribution in [2.75, 3.05) is 0 Å². The van der Waals surface area contributed by atoms with Crippen LogP contribution >= 0.6 is 0 Å². The molecular formula is C7H10KNO2. The number of carboxylic acid groups (broad SMARTS) is 1. The van der Waals surface area contributed by atoms with Crippen LogP contribution in [0.15, 0.2) is 0 Å². The average molecular weight is 179 g/mol. The van der Waals surface area contributed by atoms with E-state index >= 15 is 0 Å². The van der Waals surface area contributed by atoms with Crippen molar-refractivity contribution in [3.63, 3.8) is 0 Å². The van der Waals surface area contributed by atoms with Gasteiger partial charge in [-0.2, -0.15) is 0 Å². The maximum Gasteiger partial charge on any atom is 1.00 e. The van der Waals surface area contributed by atoms with E-state index in [9.17, 15) is 9.90 Å². The molecular weight excluding hydrogens is 169 g/mol. The van der Waals surface area contributed by atoms with E-state index in [0.29, 0.717) is 12.8 Å². The molecule has 0 aromatic rings. The van der Waals surface area contributed by atoms with E-state index in [4.69, 9.17) is 6.57 Å². The van der Waals surface area contributed by atoms with Gasteiger partial charge in [-0.25, -0.2) is 6.57 Å². The van der Waals surface area contributed by atoms with Crippen molar-refractivity contribution in [1.82, 2.24) is 0 Å². The van der Waals surface area contributed by atoms with E-state index in [1.807, 2.05) is 0 Å². The molecule has 0 amide bonds. The van der Waals surface area contributed by atoms with Gasteiger partial charge in [0.2, 0.25) is 0 Å². The van der Waals surface area contributed by atoms with Crippen molar-refractivity contribution in [3.8, 4) is 0 Å². The summed E-state index contributed by atoms with van der Waals surface area (Å²) < 4.78 is 0. The zero-order valence-electron chi connectivity index (χ0n) is 7.18. The summed E-state index contributed by atoms with van der Waals surface area (Å²) >= 11 is 0. The van der Waals surface area contributed by atoms with E-state index < -0.39 is 11.5 Å². The van der Waals surface area contributed by atoms with Gasteiger partial charge in [0.05, 0.1) is 0 Å². The van der Waals surface area contributed by atoms with Crippen molar-refractivity contribution in [3.05, 3.63) is 11.4 Å². The Kier molecular flexibility index (Phi) is 7.91. The minimum atomic E-state index is -1.28. The fourth-order valence-electron chi connectivity index (χ4n) is 0.742. The molecule has 0 radical (unpaired) electrons. The molecule has 11 heavy (non-hydrogen) atoms. The van der Waals surface area contributed by atoms with Crippen molar-refractivity contribution >= 4 is 5.97 Å². The first-order chi connectivity index (χ1) is 4.63. The maximum atomic E-state index is 10.4. The van der Waals surface area contributed by atoms with Gasteiger partial charge in [-0.3, -0.25) is 0 Å². The quantitative estimate of drug-likeness (QED) is 0.347. The molecule has 0 rings (SSSR count). The van der Waals surface area contributed by atoms with Crippen molar-refractivity contribution < 1.29 is 61.3 Å². The van der Waals surface area contributed by atoms with E-state index in [1.165, 1.54) is 0 Å². The van der Waals surface area contributed by atoms with Gasteiger partial charge in [0.1, 0.15) is 5.97 Å². The van der Waals surface area contributed by atoms with Gasteiger partial charge in [0.25, 0.3) is 5.54 Å². The van der Waals surface area contributed by atoms with Gasteiger partial charge >= 0.3 is 51.4 Å². The predicted octanol–water partition coefficient (Wildman–Crippen LogP) is -2.78. The summed E-state index contributed by atoms with van der Waals surface area (Å²) in [5.74, 6) is -1.26. The Hall–Kier alpha value is 0.596. The summed E-state index contributed by atoms with van der Waals surface area (Å²) in [7, 11) is 0. The molecule has 0 aliphatic carbocycles. The number of hydrogen-bond donors (Lipinski definition) is 0. The van der Waals surface area contributed by atoms with Crippen LogP contribution in [0.3, 0.4) is 0 Å². The zero-order valence-corrected chi connectivity index (χ0v) is 10.3. The second kappa shape index (κ2) is 6.15. The largest absolute Gasteiger partial charge is 1.00 e. The first kappa shape index (κ1) is 14.1. The number of aliphatic carboxylic acids is 1. The maximum absolute atomic E-state index is 10.4. The van der Waals surface area contributed by atoms with Crippen molar-refractivity contribution in [1.29, 1.82) is 0 Å². The van der Waals surface area contributed by atoms with Gasteiger partial charge in [-0.15, -0.1) is 0 Å². The fraction of sp³-hybridized carbons (Fsp3) is 0.714. The predicted molar refractivity (Wildman–Crippen MR) is 34.9 cm³/mol. The topological polar surface area (TPSA) is 44.5 Å². The molecule has 0 saturated carbocycles. The van der Waals surface area contributed by atoms with E-state index in [-0.39, 0.29) is 51.4 Å². The van der Waals surface area contributed by atoms with E-state index in [1.54, 1.807) is 13.8 Å². The second-order valence-corrected chi connectivity index (χ2v) is 2.14. The molecule has 0 aromatic carbocycles. The Labute approximate surface area is 109 Å². The van der Waals surface area contributed by atoms with Crippen LogP contribution in [0.1, 0.15) is 26.7 Å². The minimum absolute atomic E-state index is 0. The summed E-state index contributed by atoms with van der Waals surface area (Å²) in [4.78, 5) is 13.4. The molecule has 0 spiro atoms. The molecule has 4 heteroatoms. The summed E-state index contributed by atoms with van der Waals surface area (Å²) in [6.07, 6.45) is 0.630. The smallest absolute Gasteiger partial charge is 0.542 e. The van der Waals surface area contributed by atoms with Gasteiger partial charge < -0.3 is 14.7 Å². The van der Waals surface area contributed by atoms with Crippen molar-refractivity contribution in [2.24, 2.45) is 0 Å². The number of carboxylic acids is 1. The molecule has 0 heterocycles. The van der Waals surface area contributed by atoms with Crippen LogP contribution in [0.25, 0.3) is 4.85 Å². The van der Waals surface area contributed by atoms with Gasteiger partial charge in [-0.1, -0.05) is 13.8 Å². The molecule has 56 valence electrons. The Morgan fingerprint density at radius 2 is 1.91 bits per heavy atom. The van der Waals surface area contributed by atoms with Gasteiger partial charge in [0.15, 0.2) is 0 Å². The molecule has 0 unspecified atom stereocenters. The molecule has 0 aromatic heterocycles. The summed E-state index contributed by atoms with van der Waals surface area (Å²) in [6.45, 7) is 10.00. The number of carbonyl (C=O) groups excluding carboxylic acids is 1. The van der Waals surface area contributed by atoms with Crippen LogP contribution in [-0.4, -0.2) is 11.5 Å². The fourth-order valence-corrected chi connectivity index (χ4v) is 0.742. The molecule has 0 N–H and O–H groups in total. The van der Waals surface area contributed by atoms with Crippen LogP contribution < -0.4 is 56.5 Å². The summed E-state index contributed by atoms with van der Waals surface area (Å²) in [5.41, 5.74) is -1.28. The molecule has 0 saturated heterocycles. The Balaban J connectivity index is 0. The Morgan fingerprint density at radius 3 is 1.91 bits per heavy atom. The summed E-state index contributed by atoms with van der Waals surface area (Å²) in [6, 6.07) is 0. The minimum Gasteiger partial charge on any atom is -0.542 e. The monoisotopic (exact) mass is 179 g/mol. The normalized spacial score (nSPS) is 9.55. The van der Waals surface area contributed by atoms with Gasteiger partial charge in [-0.05, 0) is 0 Å². The molecule has 0 atom stereocenters. The van der Waals surface area contributed by atoms with Crippen LogP contribution in [0.5, 0.6) is 0 Å². The molecule has 0 aliphatic heterocycles. The van der Waals surface area contributed by atoms with Crippen LogP contribution in [-0.2, 0) is 4.79 Å². The first-order valence-electron chi connectivity index (χ1n) is 3.23. The Morgan fingerprint density at radius 1 is 1.55 bits per heavy atom. The number of hydrogen-bond acceptors (Lipinski definition) is 2. The SMILES string of the molecule is [C-]#[N+]C(CC)(CC)C(=O)[O-].[K+]. The van der Waals surface area contributed by atoms with Gasteiger partial charge in [0, 0.05) is 12.8 Å². The number of carbonyl (C=O) groups is 1. The van der Waals surface area contributed by atoms with Crippen molar-refractivity contribution in [2.45, 2.75) is 32.2 Å². The average Bonchev–Trinajstić information content (AvgIpc) is 1.92. The zero-order chi connectivity index (χ0) is 8.20. The Bertz CT molecular complexity index is 170. The van der Waals surface area contributed by atoms with Crippen LogP contribution in [0.4, 0.5) is 0 Å². The number of nitrogens with zero attached hydrogens (tertiary/aromatic N) is 1. The van der Waals surface area contributed by atoms with Crippen LogP contribution in [0, 0.1) is 6.57 Å². The van der Waals surface area contributed by atoms with Crippen LogP contribution in [0.2, 0.25) is 0 Å². The van der Waals surface area contributed by atoms with E-state index in [0.717, 1.165) is 0 Å². The first-order valence-corrected chi connectivity index (χ1v) is 3.23. The third-order valence-electron chi connectivity index (χ3n) is 1.76. The molecule has 0 bridgehead atoms.